The van der Waals surface area contributed by atoms with Gasteiger partial charge < -0.3 is 20.1 Å². The lowest BCUT2D eigenvalue weighted by atomic mass is 10.0. The average Bonchev–Trinajstić information content (AvgIpc) is 2.64. The Bertz CT molecular complexity index is 839. The molecule has 0 heterocycles. The first-order chi connectivity index (χ1) is 13.3. The minimum Gasteiger partial charge on any atom is -0.493 e. The number of carbonyl (C=O) groups is 2. The van der Waals surface area contributed by atoms with E-state index in [1.165, 1.54) is 0 Å². The molecule has 0 radical (unpaired) electrons. The molecule has 2 rings (SSSR count). The first kappa shape index (κ1) is 21.3. The van der Waals surface area contributed by atoms with Crippen molar-refractivity contribution < 1.29 is 19.1 Å². The van der Waals surface area contributed by atoms with Gasteiger partial charge in [0, 0.05) is 12.2 Å². The highest BCUT2D eigenvalue weighted by Crippen LogP contribution is 2.27. The van der Waals surface area contributed by atoms with Crippen LogP contribution in [0, 0.1) is 20.8 Å². The van der Waals surface area contributed by atoms with Gasteiger partial charge in [0.15, 0.2) is 11.5 Å². The molecular formula is C22H28N2O4. The number of rotatable bonds is 8. The molecule has 2 aromatic rings. The zero-order valence-corrected chi connectivity index (χ0v) is 17.1. The highest BCUT2D eigenvalue weighted by molar-refractivity contribution is 6.04. The molecule has 2 N–H and O–H groups in total. The number of hydrogen-bond donors (Lipinski definition) is 2. The zero-order chi connectivity index (χ0) is 20.7. The molecule has 0 aromatic heterocycles. The van der Waals surface area contributed by atoms with Gasteiger partial charge in [-0.25, -0.2) is 0 Å². The van der Waals surface area contributed by atoms with E-state index in [9.17, 15) is 9.59 Å². The topological polar surface area (TPSA) is 76.7 Å². The second kappa shape index (κ2) is 9.78. The van der Waals surface area contributed by atoms with E-state index in [0.29, 0.717) is 24.5 Å². The summed E-state index contributed by atoms with van der Waals surface area (Å²) in [4.78, 5) is 24.3. The Balaban J connectivity index is 1.83. The summed E-state index contributed by atoms with van der Waals surface area (Å²) in [6.45, 7) is 6.33. The smallest absolute Gasteiger partial charge is 0.233 e. The van der Waals surface area contributed by atoms with Gasteiger partial charge in [-0.15, -0.1) is 0 Å². The largest absolute Gasteiger partial charge is 0.493 e. The molecule has 0 atom stereocenters. The van der Waals surface area contributed by atoms with Crippen LogP contribution < -0.4 is 20.1 Å². The lowest BCUT2D eigenvalue weighted by Gasteiger charge is -2.13. The molecule has 0 aliphatic rings. The fourth-order valence-electron chi connectivity index (χ4n) is 3.15. The summed E-state index contributed by atoms with van der Waals surface area (Å²) in [6.07, 6.45) is 0.419. The number of hydrogen-bond acceptors (Lipinski definition) is 4. The van der Waals surface area contributed by atoms with Crippen LogP contribution in [-0.2, 0) is 16.0 Å². The van der Waals surface area contributed by atoms with Crippen molar-refractivity contribution in [3.63, 3.8) is 0 Å². The second-order valence-electron chi connectivity index (χ2n) is 6.79. The lowest BCUT2D eigenvalue weighted by Crippen LogP contribution is -2.30. The van der Waals surface area contributed by atoms with E-state index in [2.05, 4.69) is 10.6 Å². The van der Waals surface area contributed by atoms with Gasteiger partial charge in [0.05, 0.1) is 14.2 Å². The van der Waals surface area contributed by atoms with Crippen molar-refractivity contribution in [2.45, 2.75) is 33.6 Å². The van der Waals surface area contributed by atoms with Gasteiger partial charge in [-0.05, 0) is 56.0 Å². The molecule has 0 fully saturated rings. The molecule has 28 heavy (non-hydrogen) atoms. The van der Waals surface area contributed by atoms with Crippen LogP contribution in [0.4, 0.5) is 5.69 Å². The highest BCUT2D eigenvalue weighted by Gasteiger charge is 2.12. The van der Waals surface area contributed by atoms with E-state index < -0.39 is 0 Å². The van der Waals surface area contributed by atoms with Crippen LogP contribution in [0.1, 0.15) is 28.7 Å². The van der Waals surface area contributed by atoms with Crippen molar-refractivity contribution in [1.82, 2.24) is 5.32 Å². The number of nitrogens with one attached hydrogen (secondary N) is 2. The second-order valence-corrected chi connectivity index (χ2v) is 6.79. The maximum absolute atomic E-state index is 12.2. The van der Waals surface area contributed by atoms with Gasteiger partial charge in [-0.3, -0.25) is 9.59 Å². The van der Waals surface area contributed by atoms with Crippen LogP contribution in [0.2, 0.25) is 0 Å². The van der Waals surface area contributed by atoms with Crippen molar-refractivity contribution in [2.24, 2.45) is 0 Å². The van der Waals surface area contributed by atoms with Gasteiger partial charge in [0.1, 0.15) is 6.42 Å². The van der Waals surface area contributed by atoms with Crippen LogP contribution in [0.3, 0.4) is 0 Å². The fourth-order valence-corrected chi connectivity index (χ4v) is 3.15. The van der Waals surface area contributed by atoms with Gasteiger partial charge in [-0.1, -0.05) is 23.8 Å². The summed E-state index contributed by atoms with van der Waals surface area (Å²) < 4.78 is 10.5. The molecule has 0 aliphatic heterocycles. The molecule has 2 amide bonds. The average molecular weight is 384 g/mol. The number of benzene rings is 2. The third-order valence-corrected chi connectivity index (χ3v) is 4.45. The molecule has 0 spiro atoms. The Morgan fingerprint density at radius 3 is 2.14 bits per heavy atom. The molecule has 6 nitrogen and oxygen atoms in total. The number of anilines is 1. The van der Waals surface area contributed by atoms with Crippen LogP contribution >= 0.6 is 0 Å². The fraction of sp³-hybridized carbons (Fsp3) is 0.364. The van der Waals surface area contributed by atoms with E-state index in [4.69, 9.17) is 9.47 Å². The molecule has 0 saturated heterocycles. The Labute approximate surface area is 166 Å². The molecule has 0 aliphatic carbocycles. The number of amides is 2. The Morgan fingerprint density at radius 1 is 0.893 bits per heavy atom. The Kier molecular flexibility index (Phi) is 7.44. The zero-order valence-electron chi connectivity index (χ0n) is 17.1. The van der Waals surface area contributed by atoms with Crippen LogP contribution in [0.15, 0.2) is 30.3 Å². The number of carbonyl (C=O) groups excluding carboxylic acids is 2. The Morgan fingerprint density at radius 2 is 1.54 bits per heavy atom. The van der Waals surface area contributed by atoms with Gasteiger partial charge in [0.2, 0.25) is 11.8 Å². The number of methoxy groups -OCH3 is 2. The number of ether oxygens (including phenoxy) is 2. The minimum atomic E-state index is -0.321. The Hall–Kier alpha value is -3.02. The van der Waals surface area contributed by atoms with Gasteiger partial charge in [-0.2, -0.15) is 0 Å². The van der Waals surface area contributed by atoms with E-state index in [1.807, 2.05) is 51.1 Å². The van der Waals surface area contributed by atoms with Crippen molar-refractivity contribution in [3.8, 4) is 11.5 Å². The van der Waals surface area contributed by atoms with Crippen molar-refractivity contribution in [1.29, 1.82) is 0 Å². The first-order valence-electron chi connectivity index (χ1n) is 9.19. The van der Waals surface area contributed by atoms with E-state index in [-0.39, 0.29) is 18.2 Å². The molecule has 0 unspecified atom stereocenters. The number of aryl methyl sites for hydroxylation is 3. The van der Waals surface area contributed by atoms with Crippen LogP contribution in [0.5, 0.6) is 11.5 Å². The normalized spacial score (nSPS) is 10.3. The van der Waals surface area contributed by atoms with Crippen molar-refractivity contribution >= 4 is 17.5 Å². The maximum atomic E-state index is 12.2. The predicted molar refractivity (Wildman–Crippen MR) is 110 cm³/mol. The summed E-state index contributed by atoms with van der Waals surface area (Å²) in [7, 11) is 3.17. The SMILES string of the molecule is COc1ccc(CCNC(=O)CC(=O)Nc2c(C)cc(C)cc2C)cc1OC. The molecule has 0 saturated carbocycles. The summed E-state index contributed by atoms with van der Waals surface area (Å²) >= 11 is 0. The van der Waals surface area contributed by atoms with E-state index in [0.717, 1.165) is 27.9 Å². The van der Waals surface area contributed by atoms with Crippen molar-refractivity contribution in [2.75, 3.05) is 26.1 Å². The van der Waals surface area contributed by atoms with E-state index >= 15 is 0 Å². The summed E-state index contributed by atoms with van der Waals surface area (Å²) in [6, 6.07) is 9.64. The van der Waals surface area contributed by atoms with Crippen LogP contribution in [-0.4, -0.2) is 32.6 Å². The highest BCUT2D eigenvalue weighted by atomic mass is 16.5. The first-order valence-corrected chi connectivity index (χ1v) is 9.19. The summed E-state index contributed by atoms with van der Waals surface area (Å²) in [5, 5.41) is 5.62. The molecule has 0 bridgehead atoms. The lowest BCUT2D eigenvalue weighted by molar-refractivity contribution is -0.126. The molecule has 6 heteroatoms. The molecular weight excluding hydrogens is 356 g/mol. The monoisotopic (exact) mass is 384 g/mol. The van der Waals surface area contributed by atoms with Gasteiger partial charge >= 0.3 is 0 Å². The van der Waals surface area contributed by atoms with Gasteiger partial charge in [0.25, 0.3) is 0 Å². The standard InChI is InChI=1S/C22H28N2O4/c1-14-10-15(2)22(16(3)11-14)24-21(26)13-20(25)23-9-8-17-6-7-18(27-4)19(12-17)28-5/h6-7,10-12H,8-9,13H2,1-5H3,(H,23,25)(H,24,26). The van der Waals surface area contributed by atoms with Crippen molar-refractivity contribution in [3.05, 3.63) is 52.6 Å². The third kappa shape index (κ3) is 5.74. The predicted octanol–water partition coefficient (Wildman–Crippen LogP) is 3.32. The molecule has 150 valence electrons. The maximum Gasteiger partial charge on any atom is 0.233 e. The van der Waals surface area contributed by atoms with E-state index in [1.54, 1.807) is 14.2 Å². The summed E-state index contributed by atoms with van der Waals surface area (Å²) in [5.41, 5.74) is 4.89. The summed E-state index contributed by atoms with van der Waals surface area (Å²) in [5.74, 6) is 0.683. The quantitative estimate of drug-likeness (QED) is 0.685. The third-order valence-electron chi connectivity index (χ3n) is 4.45. The molecule has 2 aromatic carbocycles. The van der Waals surface area contributed by atoms with Crippen LogP contribution in [0.25, 0.3) is 0 Å². The minimum absolute atomic E-state index is 0.210.